The third kappa shape index (κ3) is 6.31. The van der Waals surface area contributed by atoms with Gasteiger partial charge in [-0.1, -0.05) is 0 Å². The zero-order chi connectivity index (χ0) is 19.7. The summed E-state index contributed by atoms with van der Waals surface area (Å²) in [5.41, 5.74) is 6.26. The quantitative estimate of drug-likeness (QED) is 0.182. The van der Waals surface area contributed by atoms with Crippen LogP contribution in [0.4, 0.5) is 24.5 Å². The van der Waals surface area contributed by atoms with Gasteiger partial charge in [0.05, 0.1) is 24.0 Å². The first-order valence-corrected chi connectivity index (χ1v) is 7.29. The zero-order valence-electron chi connectivity index (χ0n) is 13.8. The number of halogens is 3. The van der Waals surface area contributed by atoms with Gasteiger partial charge in [-0.25, -0.2) is 0 Å². The van der Waals surface area contributed by atoms with Crippen molar-refractivity contribution in [1.82, 2.24) is 0 Å². The number of ether oxygens (including phenoxy) is 1. The number of carbonyl (C=O) groups is 1. The Hall–Kier alpha value is -3.29. The van der Waals surface area contributed by atoms with Crippen molar-refractivity contribution < 1.29 is 22.7 Å². The van der Waals surface area contributed by atoms with Gasteiger partial charge in [0.2, 0.25) is 5.71 Å². The molecule has 0 radical (unpaired) electrons. The van der Waals surface area contributed by atoms with E-state index >= 15 is 0 Å². The van der Waals surface area contributed by atoms with Gasteiger partial charge in [0.1, 0.15) is 6.07 Å². The maximum atomic E-state index is 12.9. The Balaban J connectivity index is 2.99. The first-order chi connectivity index (χ1) is 12.2. The van der Waals surface area contributed by atoms with E-state index < -0.39 is 29.3 Å². The van der Waals surface area contributed by atoms with Gasteiger partial charge in [-0.15, -0.1) is 0 Å². The van der Waals surface area contributed by atoms with Crippen LogP contribution in [-0.2, 0) is 15.7 Å². The number of carbonyl (C=O) groups excluding carboxylic acids is 1. The fraction of sp³-hybridized carbons (Fsp3) is 0.333. The summed E-state index contributed by atoms with van der Waals surface area (Å²) in [6, 6.07) is 4.43. The first kappa shape index (κ1) is 20.8. The van der Waals surface area contributed by atoms with E-state index in [-0.39, 0.29) is 24.3 Å². The van der Waals surface area contributed by atoms with Crippen molar-refractivity contribution in [3.8, 4) is 6.07 Å². The van der Waals surface area contributed by atoms with Gasteiger partial charge < -0.3 is 15.8 Å². The van der Waals surface area contributed by atoms with Crippen LogP contribution in [0.5, 0.6) is 0 Å². The highest BCUT2D eigenvalue weighted by molar-refractivity contribution is 6.45. The second-order valence-corrected chi connectivity index (χ2v) is 4.96. The van der Waals surface area contributed by atoms with Crippen molar-refractivity contribution in [3.63, 3.8) is 0 Å². The molecule has 140 valence electrons. The predicted molar refractivity (Wildman–Crippen MR) is 89.8 cm³/mol. The van der Waals surface area contributed by atoms with Crippen LogP contribution < -0.4 is 16.5 Å². The van der Waals surface area contributed by atoms with Crippen LogP contribution in [0, 0.1) is 16.7 Å². The smallest absolute Gasteiger partial charge is 0.416 e. The number of alkyl halides is 3. The average molecular weight is 370 g/mol. The predicted octanol–water partition coefficient (Wildman–Crippen LogP) is 2.30. The number of nitrogens with two attached hydrogens (primary N) is 1. The largest absolute Gasteiger partial charge is 0.469 e. The molecule has 0 fully saturated rings. The number of hydrogen-bond donors (Lipinski definition) is 4. The summed E-state index contributed by atoms with van der Waals surface area (Å²) in [5.74, 6) is -1.03. The zero-order valence-corrected chi connectivity index (χ0v) is 13.8. The Morgan fingerprint density at radius 2 is 2.12 bits per heavy atom. The van der Waals surface area contributed by atoms with Crippen LogP contribution in [0.15, 0.2) is 23.3 Å². The number of anilines is 2. The van der Waals surface area contributed by atoms with Crippen molar-refractivity contribution in [1.29, 1.82) is 10.7 Å². The molecule has 1 rings (SSSR count). The average Bonchev–Trinajstić information content (AvgIpc) is 2.58. The summed E-state index contributed by atoms with van der Waals surface area (Å²) < 4.78 is 43.2. The summed E-state index contributed by atoms with van der Waals surface area (Å²) in [7, 11) is 1.26. The molecular formula is C15H17F3N6O2. The topological polar surface area (TPSA) is 136 Å². The monoisotopic (exact) mass is 370 g/mol. The van der Waals surface area contributed by atoms with Crippen LogP contribution in [0.3, 0.4) is 0 Å². The van der Waals surface area contributed by atoms with Crippen molar-refractivity contribution >= 4 is 28.9 Å². The molecule has 0 saturated heterocycles. The van der Waals surface area contributed by atoms with E-state index in [1.807, 2.05) is 0 Å². The fourth-order valence-corrected chi connectivity index (χ4v) is 1.79. The van der Waals surface area contributed by atoms with Gasteiger partial charge in [0.15, 0.2) is 5.84 Å². The molecule has 0 aliphatic heterocycles. The van der Waals surface area contributed by atoms with E-state index in [1.54, 1.807) is 6.07 Å². The summed E-state index contributed by atoms with van der Waals surface area (Å²) >= 11 is 0. The van der Waals surface area contributed by atoms with Crippen LogP contribution in [0.25, 0.3) is 0 Å². The number of nitrogens with one attached hydrogen (secondary N) is 3. The summed E-state index contributed by atoms with van der Waals surface area (Å²) in [5, 5.41) is 22.4. The maximum Gasteiger partial charge on any atom is 0.416 e. The summed E-state index contributed by atoms with van der Waals surface area (Å²) in [6.07, 6.45) is -4.02. The number of benzene rings is 1. The first-order valence-electron chi connectivity index (χ1n) is 7.29. The Kier molecular flexibility index (Phi) is 7.39. The number of methoxy groups -OCH3 is 1. The van der Waals surface area contributed by atoms with E-state index in [0.29, 0.717) is 6.42 Å². The molecule has 1 aromatic rings. The van der Waals surface area contributed by atoms with Crippen molar-refractivity contribution in [2.75, 3.05) is 24.4 Å². The Morgan fingerprint density at radius 3 is 2.65 bits per heavy atom. The molecule has 0 saturated carbocycles. The van der Waals surface area contributed by atoms with E-state index in [9.17, 15) is 18.0 Å². The standard InChI is InChI=1S/C15H17F3N6O2/c1-26-13(25)3-2-6-22-10-5-4-9(15(16,17)18)7-11(10)23-24-12(8-19)14(20)21/h4-5,7,22-23H,2-3,6H2,1H3,(H3,20,21)/b24-12+. The molecule has 0 aliphatic carbocycles. The van der Waals surface area contributed by atoms with Gasteiger partial charge in [-0.3, -0.25) is 15.6 Å². The molecule has 26 heavy (non-hydrogen) atoms. The number of nitriles is 1. The number of amidine groups is 1. The molecule has 0 amide bonds. The van der Waals surface area contributed by atoms with E-state index in [2.05, 4.69) is 20.6 Å². The lowest BCUT2D eigenvalue weighted by molar-refractivity contribution is -0.140. The molecule has 1 aromatic carbocycles. The van der Waals surface area contributed by atoms with Crippen molar-refractivity contribution in [2.24, 2.45) is 10.8 Å². The van der Waals surface area contributed by atoms with Gasteiger partial charge >= 0.3 is 12.1 Å². The molecule has 11 heteroatoms. The van der Waals surface area contributed by atoms with Gasteiger partial charge in [0, 0.05) is 13.0 Å². The van der Waals surface area contributed by atoms with Gasteiger partial charge in [0.25, 0.3) is 0 Å². The summed E-state index contributed by atoms with van der Waals surface area (Å²) in [4.78, 5) is 11.1. The van der Waals surface area contributed by atoms with Gasteiger partial charge in [-0.2, -0.15) is 23.5 Å². The molecule has 0 aliphatic rings. The lowest BCUT2D eigenvalue weighted by atomic mass is 10.1. The minimum absolute atomic E-state index is 0.0631. The molecule has 0 spiro atoms. The second-order valence-electron chi connectivity index (χ2n) is 4.96. The number of hydrazone groups is 1. The summed E-state index contributed by atoms with van der Waals surface area (Å²) in [6.45, 7) is 0.288. The molecular weight excluding hydrogens is 353 g/mol. The van der Waals surface area contributed by atoms with Crippen LogP contribution >= 0.6 is 0 Å². The minimum Gasteiger partial charge on any atom is -0.469 e. The lowest BCUT2D eigenvalue weighted by Crippen LogP contribution is -2.22. The highest BCUT2D eigenvalue weighted by Gasteiger charge is 2.31. The Bertz CT molecular complexity index is 740. The molecule has 0 bridgehead atoms. The number of nitrogens with zero attached hydrogens (tertiary/aromatic N) is 2. The maximum absolute atomic E-state index is 12.9. The number of rotatable bonds is 8. The SMILES string of the molecule is COC(=O)CCCNc1ccc(C(F)(F)F)cc1N/N=C(\C#N)C(=N)N. The Morgan fingerprint density at radius 1 is 1.42 bits per heavy atom. The van der Waals surface area contributed by atoms with Crippen molar-refractivity contribution in [3.05, 3.63) is 23.8 Å². The lowest BCUT2D eigenvalue weighted by Gasteiger charge is -2.14. The molecule has 5 N–H and O–H groups in total. The molecule has 0 atom stereocenters. The molecule has 8 nitrogen and oxygen atoms in total. The number of hydrogen-bond acceptors (Lipinski definition) is 7. The van der Waals surface area contributed by atoms with E-state index in [0.717, 1.165) is 12.1 Å². The number of esters is 1. The Labute approximate surface area is 147 Å². The highest BCUT2D eigenvalue weighted by Crippen LogP contribution is 2.34. The fourth-order valence-electron chi connectivity index (χ4n) is 1.79. The van der Waals surface area contributed by atoms with Crippen LogP contribution in [0.2, 0.25) is 0 Å². The minimum atomic E-state index is -4.57. The third-order valence-corrected chi connectivity index (χ3v) is 3.10. The molecule has 0 aromatic heterocycles. The highest BCUT2D eigenvalue weighted by atomic mass is 19.4. The molecule has 0 heterocycles. The van der Waals surface area contributed by atoms with Crippen LogP contribution in [-0.4, -0.2) is 31.2 Å². The van der Waals surface area contributed by atoms with E-state index in [1.165, 1.54) is 13.2 Å². The normalized spacial score (nSPS) is 11.4. The van der Waals surface area contributed by atoms with Gasteiger partial charge in [-0.05, 0) is 24.6 Å². The third-order valence-electron chi connectivity index (χ3n) is 3.10. The second kappa shape index (κ2) is 9.26. The van der Waals surface area contributed by atoms with Crippen molar-refractivity contribution in [2.45, 2.75) is 19.0 Å². The van der Waals surface area contributed by atoms with Crippen LogP contribution in [0.1, 0.15) is 18.4 Å². The van der Waals surface area contributed by atoms with E-state index in [4.69, 9.17) is 16.4 Å². The molecule has 0 unspecified atom stereocenters.